The first-order valence-corrected chi connectivity index (χ1v) is 9.98. The van der Waals surface area contributed by atoms with E-state index in [0.29, 0.717) is 23.3 Å². The minimum atomic E-state index is -0.288. The van der Waals surface area contributed by atoms with Crippen molar-refractivity contribution >= 4 is 11.7 Å². The predicted octanol–water partition coefficient (Wildman–Crippen LogP) is 4.52. The second-order valence-electron chi connectivity index (χ2n) is 8.00. The third-order valence-electron chi connectivity index (χ3n) is 6.14. The van der Waals surface area contributed by atoms with Crippen LogP contribution in [-0.2, 0) is 0 Å². The van der Waals surface area contributed by atoms with Crippen molar-refractivity contribution in [2.45, 2.75) is 26.3 Å². The van der Waals surface area contributed by atoms with Gasteiger partial charge in [-0.3, -0.25) is 4.90 Å². The first-order valence-electron chi connectivity index (χ1n) is 9.98. The Bertz CT molecular complexity index is 907. The highest BCUT2D eigenvalue weighted by atomic mass is 16.5. The lowest BCUT2D eigenvalue weighted by molar-refractivity contribution is 0.0733. The molecule has 0 saturated carbocycles. The molecule has 2 aromatic carbocycles. The normalized spacial score (nSPS) is 21.2. The number of nitrogens with zero attached hydrogens (tertiary/aromatic N) is 2. The first kappa shape index (κ1) is 18.8. The second-order valence-corrected chi connectivity index (χ2v) is 8.00. The summed E-state index contributed by atoms with van der Waals surface area (Å²) in [7, 11) is 2.21. The lowest BCUT2D eigenvalue weighted by atomic mass is 9.83. The van der Waals surface area contributed by atoms with Crippen LogP contribution in [0.15, 0.2) is 49.1 Å². The molecular weight excluding hydrogens is 348 g/mol. The molecule has 2 unspecified atom stereocenters. The van der Waals surface area contributed by atoms with E-state index in [1.54, 1.807) is 0 Å². The van der Waals surface area contributed by atoms with E-state index < -0.39 is 0 Å². The average Bonchev–Trinajstić information content (AvgIpc) is 3.03. The van der Waals surface area contributed by atoms with E-state index in [9.17, 15) is 4.79 Å². The zero-order valence-corrected chi connectivity index (χ0v) is 16.9. The van der Waals surface area contributed by atoms with Crippen LogP contribution in [0.3, 0.4) is 0 Å². The molecule has 0 bridgehead atoms. The molecule has 2 aliphatic rings. The number of para-hydroxylation sites is 1. The summed E-state index contributed by atoms with van der Waals surface area (Å²) >= 11 is 0. The van der Waals surface area contributed by atoms with Crippen LogP contribution >= 0.6 is 0 Å². The molecule has 0 radical (unpaired) electrons. The van der Waals surface area contributed by atoms with E-state index in [1.165, 1.54) is 17.7 Å². The number of likely N-dealkylation sites (tertiary alicyclic amines) is 1. The maximum atomic E-state index is 13.0. The van der Waals surface area contributed by atoms with Crippen LogP contribution in [0.1, 0.15) is 39.5 Å². The van der Waals surface area contributed by atoms with Crippen LogP contribution in [0.4, 0.5) is 5.69 Å². The van der Waals surface area contributed by atoms with Gasteiger partial charge in [0.05, 0.1) is 5.56 Å². The number of benzene rings is 2. The van der Waals surface area contributed by atoms with Gasteiger partial charge in [0.25, 0.3) is 0 Å². The van der Waals surface area contributed by atoms with Crippen molar-refractivity contribution in [1.82, 2.24) is 4.90 Å². The summed E-state index contributed by atoms with van der Waals surface area (Å²) in [4.78, 5) is 17.9. The summed E-state index contributed by atoms with van der Waals surface area (Å²) in [6.45, 7) is 10.9. The Hall–Kier alpha value is -2.59. The molecule has 4 nitrogen and oxygen atoms in total. The minimum Gasteiger partial charge on any atom is -0.423 e. The maximum absolute atomic E-state index is 13.0. The Morgan fingerprint density at radius 1 is 1.29 bits per heavy atom. The van der Waals surface area contributed by atoms with E-state index >= 15 is 0 Å². The molecule has 4 rings (SSSR count). The molecule has 2 aromatic rings. The average molecular weight is 377 g/mol. The van der Waals surface area contributed by atoms with E-state index in [-0.39, 0.29) is 5.97 Å². The van der Waals surface area contributed by atoms with Crippen molar-refractivity contribution in [2.75, 3.05) is 31.6 Å². The summed E-state index contributed by atoms with van der Waals surface area (Å²) in [6.07, 6.45) is 3.16. The van der Waals surface area contributed by atoms with Crippen LogP contribution in [0.5, 0.6) is 5.75 Å². The Labute approximate surface area is 167 Å². The first-order chi connectivity index (χ1) is 13.5. The molecule has 1 fully saturated rings. The van der Waals surface area contributed by atoms with Crippen molar-refractivity contribution in [2.24, 2.45) is 5.92 Å². The molecule has 28 heavy (non-hydrogen) atoms. The number of rotatable bonds is 4. The van der Waals surface area contributed by atoms with Gasteiger partial charge >= 0.3 is 5.97 Å². The molecule has 146 valence electrons. The van der Waals surface area contributed by atoms with E-state index in [2.05, 4.69) is 36.4 Å². The minimum absolute atomic E-state index is 0.288. The predicted molar refractivity (Wildman–Crippen MR) is 113 cm³/mol. The quantitative estimate of drug-likeness (QED) is 0.446. The SMILES string of the molecule is C=CCN1CC2CCN(C)C2c2cc(C)c(C(=O)Oc3ccccc3)c(C)c21. The van der Waals surface area contributed by atoms with Gasteiger partial charge in [-0.25, -0.2) is 4.79 Å². The van der Waals surface area contributed by atoms with E-state index in [0.717, 1.165) is 30.8 Å². The van der Waals surface area contributed by atoms with Crippen LogP contribution in [-0.4, -0.2) is 37.6 Å². The van der Waals surface area contributed by atoms with Crippen molar-refractivity contribution in [3.63, 3.8) is 0 Å². The van der Waals surface area contributed by atoms with Crippen LogP contribution in [0.25, 0.3) is 0 Å². The molecule has 0 amide bonds. The summed E-state index contributed by atoms with van der Waals surface area (Å²) in [5, 5.41) is 0. The Morgan fingerprint density at radius 3 is 2.75 bits per heavy atom. The van der Waals surface area contributed by atoms with Gasteiger partial charge in [0.2, 0.25) is 0 Å². The molecule has 0 N–H and O–H groups in total. The van der Waals surface area contributed by atoms with Gasteiger partial charge in [0.1, 0.15) is 5.75 Å². The molecule has 2 aliphatic heterocycles. The van der Waals surface area contributed by atoms with E-state index in [1.807, 2.05) is 43.3 Å². The highest BCUT2D eigenvalue weighted by Crippen LogP contribution is 2.47. The fourth-order valence-electron chi connectivity index (χ4n) is 5.02. The van der Waals surface area contributed by atoms with Gasteiger partial charge in [0, 0.05) is 24.8 Å². The van der Waals surface area contributed by atoms with Crippen LogP contribution < -0.4 is 9.64 Å². The standard InChI is InChI=1S/C24H28N2O2/c1-5-12-26-15-18-11-13-25(4)23(18)20-14-16(2)21(17(3)22(20)26)24(27)28-19-9-7-6-8-10-19/h5-10,14,18,23H,1,11-13,15H2,2-4H3. The largest absolute Gasteiger partial charge is 0.423 e. The molecule has 2 heterocycles. The smallest absolute Gasteiger partial charge is 0.344 e. The number of carbonyl (C=O) groups excluding carboxylic acids is 1. The molecule has 2 atom stereocenters. The van der Waals surface area contributed by atoms with Gasteiger partial charge in [-0.2, -0.15) is 0 Å². The van der Waals surface area contributed by atoms with Gasteiger partial charge < -0.3 is 9.64 Å². The van der Waals surface area contributed by atoms with E-state index in [4.69, 9.17) is 4.74 Å². The van der Waals surface area contributed by atoms with Crippen LogP contribution in [0, 0.1) is 19.8 Å². The molecular formula is C24H28N2O2. The summed E-state index contributed by atoms with van der Waals surface area (Å²) in [5.41, 5.74) is 5.19. The van der Waals surface area contributed by atoms with Crippen molar-refractivity contribution in [3.05, 3.63) is 71.3 Å². The van der Waals surface area contributed by atoms with Gasteiger partial charge in [-0.1, -0.05) is 30.3 Å². The molecule has 0 aliphatic carbocycles. The zero-order valence-electron chi connectivity index (χ0n) is 16.9. The topological polar surface area (TPSA) is 32.8 Å². The molecule has 4 heteroatoms. The highest BCUT2D eigenvalue weighted by molar-refractivity contribution is 5.96. The fourth-order valence-corrected chi connectivity index (χ4v) is 5.02. The highest BCUT2D eigenvalue weighted by Gasteiger charge is 2.41. The van der Waals surface area contributed by atoms with Crippen molar-refractivity contribution < 1.29 is 9.53 Å². The maximum Gasteiger partial charge on any atom is 0.344 e. The number of carbonyl (C=O) groups is 1. The van der Waals surface area contributed by atoms with Gasteiger partial charge in [-0.15, -0.1) is 6.58 Å². The molecule has 0 aromatic heterocycles. The number of aryl methyl sites for hydroxylation is 1. The number of hydrogen-bond acceptors (Lipinski definition) is 4. The Balaban J connectivity index is 1.79. The number of anilines is 1. The monoisotopic (exact) mass is 376 g/mol. The fraction of sp³-hybridized carbons (Fsp3) is 0.375. The van der Waals surface area contributed by atoms with Crippen molar-refractivity contribution in [1.29, 1.82) is 0 Å². The summed E-state index contributed by atoms with van der Waals surface area (Å²) in [6, 6.07) is 11.9. The third kappa shape index (κ3) is 3.12. The lowest BCUT2D eigenvalue weighted by Crippen LogP contribution is -2.39. The third-order valence-corrected chi connectivity index (χ3v) is 6.14. The van der Waals surface area contributed by atoms with Gasteiger partial charge in [0.15, 0.2) is 0 Å². The number of fused-ring (bicyclic) bond motifs is 3. The lowest BCUT2D eigenvalue weighted by Gasteiger charge is -2.41. The van der Waals surface area contributed by atoms with Gasteiger partial charge in [-0.05, 0) is 68.6 Å². The summed E-state index contributed by atoms with van der Waals surface area (Å²) in [5.74, 6) is 0.908. The van der Waals surface area contributed by atoms with Crippen LogP contribution in [0.2, 0.25) is 0 Å². The molecule has 0 spiro atoms. The molecule has 1 saturated heterocycles. The number of hydrogen-bond donors (Lipinski definition) is 0. The zero-order chi connectivity index (χ0) is 19.8. The second kappa shape index (κ2) is 7.44. The van der Waals surface area contributed by atoms with Crippen molar-refractivity contribution in [3.8, 4) is 5.75 Å². The number of ether oxygens (including phenoxy) is 1. The Morgan fingerprint density at radius 2 is 2.04 bits per heavy atom. The Kier molecular flexibility index (Phi) is 4.98. The summed E-state index contributed by atoms with van der Waals surface area (Å²) < 4.78 is 5.67. The number of esters is 1.